The smallest absolute Gasteiger partial charge is 0.149 e. The van der Waals surface area contributed by atoms with E-state index in [1.54, 1.807) is 0 Å². The molecule has 0 aliphatic carbocycles. The van der Waals surface area contributed by atoms with Gasteiger partial charge in [-0.1, -0.05) is 0 Å². The minimum absolute atomic E-state index is 0.0278. The Morgan fingerprint density at radius 1 is 0.778 bits per heavy atom. The lowest BCUT2D eigenvalue weighted by Gasteiger charge is -2.08. The molecule has 0 saturated heterocycles. The van der Waals surface area contributed by atoms with E-state index in [2.05, 4.69) is 5.32 Å². The molecule has 18 heavy (non-hydrogen) atoms. The van der Waals surface area contributed by atoms with Gasteiger partial charge >= 0.3 is 0 Å². The van der Waals surface area contributed by atoms with Crippen molar-refractivity contribution in [3.63, 3.8) is 0 Å². The van der Waals surface area contributed by atoms with Crippen LogP contribution >= 0.6 is 0 Å². The van der Waals surface area contributed by atoms with Crippen LogP contribution < -0.4 is 5.32 Å². The summed E-state index contributed by atoms with van der Waals surface area (Å²) in [6.45, 7) is -0.0911. The van der Waals surface area contributed by atoms with Crippen LogP contribution in [0.3, 0.4) is 0 Å². The predicted octanol–water partition coefficient (Wildman–Crippen LogP) is 3.86. The van der Waals surface area contributed by atoms with Gasteiger partial charge in [0.2, 0.25) is 0 Å². The van der Waals surface area contributed by atoms with E-state index in [4.69, 9.17) is 0 Å². The van der Waals surface area contributed by atoms with Crippen LogP contribution in [-0.4, -0.2) is 0 Å². The summed E-state index contributed by atoms with van der Waals surface area (Å²) < 4.78 is 52.1. The van der Waals surface area contributed by atoms with Crippen LogP contribution in [0, 0.1) is 23.3 Å². The summed E-state index contributed by atoms with van der Waals surface area (Å²) in [6, 6.07) is 5.99. The zero-order valence-electron chi connectivity index (χ0n) is 9.18. The van der Waals surface area contributed by atoms with Gasteiger partial charge in [-0.2, -0.15) is 0 Å². The van der Waals surface area contributed by atoms with Gasteiger partial charge in [0.15, 0.2) is 0 Å². The van der Waals surface area contributed by atoms with Crippen molar-refractivity contribution in [3.8, 4) is 0 Å². The van der Waals surface area contributed by atoms with Crippen LogP contribution in [0.25, 0.3) is 0 Å². The third-order valence-corrected chi connectivity index (χ3v) is 2.41. The largest absolute Gasteiger partial charge is 0.378 e. The van der Waals surface area contributed by atoms with Gasteiger partial charge in [0.25, 0.3) is 0 Å². The minimum atomic E-state index is -0.785. The highest BCUT2D eigenvalue weighted by Crippen LogP contribution is 2.17. The number of hydrogen-bond acceptors (Lipinski definition) is 1. The van der Waals surface area contributed by atoms with Crippen LogP contribution in [0.5, 0.6) is 0 Å². The van der Waals surface area contributed by atoms with Gasteiger partial charge < -0.3 is 5.32 Å². The molecule has 0 bridgehead atoms. The molecular formula is C13H9F4N. The molecule has 0 aliphatic heterocycles. The van der Waals surface area contributed by atoms with Crippen LogP contribution in [0.1, 0.15) is 5.56 Å². The lowest BCUT2D eigenvalue weighted by Crippen LogP contribution is -2.04. The molecule has 2 rings (SSSR count). The van der Waals surface area contributed by atoms with Crippen LogP contribution in [-0.2, 0) is 6.54 Å². The first-order valence-corrected chi connectivity index (χ1v) is 5.19. The van der Waals surface area contributed by atoms with Crippen molar-refractivity contribution in [2.24, 2.45) is 0 Å². The van der Waals surface area contributed by atoms with Crippen molar-refractivity contribution >= 4 is 5.69 Å². The SMILES string of the molecule is Fc1ccc(NCc2cc(F)ccc2F)c(F)c1. The molecule has 0 amide bonds. The van der Waals surface area contributed by atoms with Gasteiger partial charge in [0.05, 0.1) is 5.69 Å². The average molecular weight is 255 g/mol. The van der Waals surface area contributed by atoms with E-state index < -0.39 is 23.3 Å². The first kappa shape index (κ1) is 12.4. The fourth-order valence-electron chi connectivity index (χ4n) is 1.50. The van der Waals surface area contributed by atoms with E-state index in [1.807, 2.05) is 0 Å². The molecular weight excluding hydrogens is 246 g/mol. The van der Waals surface area contributed by atoms with E-state index >= 15 is 0 Å². The predicted molar refractivity (Wildman–Crippen MR) is 60.0 cm³/mol. The maximum Gasteiger partial charge on any atom is 0.149 e. The van der Waals surface area contributed by atoms with E-state index in [0.717, 1.165) is 24.3 Å². The Balaban J connectivity index is 2.13. The van der Waals surface area contributed by atoms with Crippen LogP contribution in [0.15, 0.2) is 36.4 Å². The molecule has 2 aromatic rings. The Morgan fingerprint density at radius 3 is 2.17 bits per heavy atom. The molecule has 1 N–H and O–H groups in total. The van der Waals surface area contributed by atoms with Crippen LogP contribution in [0.2, 0.25) is 0 Å². The number of benzene rings is 2. The Labute approximate surface area is 101 Å². The van der Waals surface area contributed by atoms with Crippen molar-refractivity contribution in [2.75, 3.05) is 5.32 Å². The normalized spacial score (nSPS) is 10.4. The molecule has 94 valence electrons. The fourth-order valence-corrected chi connectivity index (χ4v) is 1.50. The van der Waals surface area contributed by atoms with Gasteiger partial charge in [-0.05, 0) is 30.3 Å². The van der Waals surface area contributed by atoms with E-state index in [-0.39, 0.29) is 17.8 Å². The lowest BCUT2D eigenvalue weighted by atomic mass is 10.2. The zero-order chi connectivity index (χ0) is 13.1. The molecule has 5 heteroatoms. The monoisotopic (exact) mass is 255 g/mol. The van der Waals surface area contributed by atoms with Gasteiger partial charge in [-0.25, -0.2) is 17.6 Å². The molecule has 1 nitrogen and oxygen atoms in total. The molecule has 0 saturated carbocycles. The van der Waals surface area contributed by atoms with Gasteiger partial charge in [0, 0.05) is 18.2 Å². The Bertz CT molecular complexity index is 569. The molecule has 0 heterocycles. The fraction of sp³-hybridized carbons (Fsp3) is 0.0769. The van der Waals surface area contributed by atoms with E-state index in [1.165, 1.54) is 6.07 Å². The van der Waals surface area contributed by atoms with Gasteiger partial charge in [0.1, 0.15) is 23.3 Å². The molecule has 0 aromatic heterocycles. The number of anilines is 1. The first-order chi connectivity index (χ1) is 8.56. The summed E-state index contributed by atoms with van der Waals surface area (Å²) in [5.74, 6) is -2.65. The summed E-state index contributed by atoms with van der Waals surface area (Å²) in [7, 11) is 0. The molecule has 0 fully saturated rings. The highest BCUT2D eigenvalue weighted by Gasteiger charge is 2.06. The summed E-state index contributed by atoms with van der Waals surface area (Å²) >= 11 is 0. The maximum atomic E-state index is 13.3. The molecule has 0 aliphatic rings. The van der Waals surface area contributed by atoms with Crippen molar-refractivity contribution in [1.29, 1.82) is 0 Å². The third kappa shape index (κ3) is 2.80. The summed E-state index contributed by atoms with van der Waals surface area (Å²) in [5.41, 5.74) is 0.0961. The highest BCUT2D eigenvalue weighted by molar-refractivity contribution is 5.45. The molecule has 0 radical (unpaired) electrons. The van der Waals surface area contributed by atoms with Gasteiger partial charge in [-0.3, -0.25) is 0 Å². The second-order valence-electron chi connectivity index (χ2n) is 3.71. The molecule has 0 unspecified atom stereocenters. The Kier molecular flexibility index (Phi) is 3.50. The first-order valence-electron chi connectivity index (χ1n) is 5.19. The van der Waals surface area contributed by atoms with Crippen molar-refractivity contribution < 1.29 is 17.6 Å². The Hall–Kier alpha value is -2.04. The van der Waals surface area contributed by atoms with Crippen molar-refractivity contribution in [1.82, 2.24) is 0 Å². The average Bonchev–Trinajstić information content (AvgIpc) is 2.32. The third-order valence-electron chi connectivity index (χ3n) is 2.41. The second-order valence-corrected chi connectivity index (χ2v) is 3.71. The summed E-state index contributed by atoms with van der Waals surface area (Å²) in [5, 5.41) is 2.58. The standard InChI is InChI=1S/C13H9F4N/c14-9-1-3-11(16)8(5-9)7-18-13-4-2-10(15)6-12(13)17/h1-6,18H,7H2. The van der Waals surface area contributed by atoms with E-state index in [9.17, 15) is 17.6 Å². The summed E-state index contributed by atoms with van der Waals surface area (Å²) in [4.78, 5) is 0. The molecule has 0 atom stereocenters. The topological polar surface area (TPSA) is 12.0 Å². The maximum absolute atomic E-state index is 13.3. The van der Waals surface area contributed by atoms with Gasteiger partial charge in [-0.15, -0.1) is 0 Å². The Morgan fingerprint density at radius 2 is 1.44 bits per heavy atom. The van der Waals surface area contributed by atoms with Crippen molar-refractivity contribution in [2.45, 2.75) is 6.54 Å². The quantitative estimate of drug-likeness (QED) is 0.821. The minimum Gasteiger partial charge on any atom is -0.378 e. The molecule has 0 spiro atoms. The number of rotatable bonds is 3. The summed E-state index contributed by atoms with van der Waals surface area (Å²) in [6.07, 6.45) is 0. The highest BCUT2D eigenvalue weighted by atomic mass is 19.1. The number of halogens is 4. The molecule has 2 aromatic carbocycles. The van der Waals surface area contributed by atoms with Crippen molar-refractivity contribution in [3.05, 3.63) is 65.2 Å². The number of nitrogens with one attached hydrogen (secondary N) is 1. The van der Waals surface area contributed by atoms with Crippen LogP contribution in [0.4, 0.5) is 23.2 Å². The zero-order valence-corrected chi connectivity index (χ0v) is 9.18. The number of hydrogen-bond donors (Lipinski definition) is 1. The second kappa shape index (κ2) is 5.08. The van der Waals surface area contributed by atoms with E-state index in [0.29, 0.717) is 6.07 Å². The lowest BCUT2D eigenvalue weighted by molar-refractivity contribution is 0.581.